The molecule has 0 unspecified atom stereocenters. The summed E-state index contributed by atoms with van der Waals surface area (Å²) in [5.74, 6) is -0.714. The van der Waals surface area contributed by atoms with E-state index >= 15 is 0 Å². The molecule has 0 saturated heterocycles. The molecule has 10 nitrogen and oxygen atoms in total. The van der Waals surface area contributed by atoms with Crippen LogP contribution in [0.15, 0.2) is 56.8 Å². The molecule has 0 atom stereocenters. The molecule has 0 aliphatic carbocycles. The molecule has 2 heterocycles. The number of hydrogen-bond donors (Lipinski definition) is 2. The molecule has 0 spiro atoms. The van der Waals surface area contributed by atoms with Gasteiger partial charge in [-0.25, -0.2) is 17.6 Å². The van der Waals surface area contributed by atoms with Gasteiger partial charge in [-0.2, -0.15) is 0 Å². The van der Waals surface area contributed by atoms with E-state index in [1.807, 2.05) is 0 Å². The second-order valence-corrected chi connectivity index (χ2v) is 10.9. The van der Waals surface area contributed by atoms with Gasteiger partial charge in [-0.15, -0.1) is 0 Å². The van der Waals surface area contributed by atoms with Crippen molar-refractivity contribution >= 4 is 38.1 Å². The summed E-state index contributed by atoms with van der Waals surface area (Å²) >= 11 is 0. The Bertz CT molecular complexity index is 1870. The Hall–Kier alpha value is -4.19. The van der Waals surface area contributed by atoms with Crippen LogP contribution in [0.3, 0.4) is 0 Å². The van der Waals surface area contributed by atoms with Crippen LogP contribution in [0.2, 0.25) is 0 Å². The van der Waals surface area contributed by atoms with Crippen molar-refractivity contribution in [3.8, 4) is 5.69 Å². The minimum atomic E-state index is -3.60. The van der Waals surface area contributed by atoms with E-state index in [2.05, 4.69) is 10.0 Å². The molecule has 4 aromatic rings. The van der Waals surface area contributed by atoms with E-state index in [0.29, 0.717) is 5.56 Å². The summed E-state index contributed by atoms with van der Waals surface area (Å²) in [5.41, 5.74) is -0.513. The smallest absolute Gasteiger partial charge is 0.336 e. The van der Waals surface area contributed by atoms with Gasteiger partial charge < -0.3 is 5.32 Å². The number of aryl methyl sites for hydroxylation is 2. The molecular weight excluding hydrogens is 513 g/mol. The van der Waals surface area contributed by atoms with Crippen molar-refractivity contribution in [2.24, 2.45) is 7.05 Å². The SMILES string of the molecule is CCn1c(=O)c2c(Nc3ccc(C)cc3F)n(C)c(=O)c(C)c2n(-c2cccc(NS(=O)(=O)CC)c2)c1=O. The number of rotatable bonds is 7. The first kappa shape index (κ1) is 26.9. The Morgan fingerprint density at radius 3 is 2.32 bits per heavy atom. The molecule has 2 N–H and O–H groups in total. The number of fused-ring (bicyclic) bond motifs is 1. The molecule has 4 rings (SSSR count). The molecule has 2 aromatic heterocycles. The zero-order valence-electron chi connectivity index (χ0n) is 21.6. The van der Waals surface area contributed by atoms with Crippen molar-refractivity contribution in [2.75, 3.05) is 15.8 Å². The molecule has 0 saturated carbocycles. The molecule has 0 bridgehead atoms. The van der Waals surface area contributed by atoms with Gasteiger partial charge in [0.1, 0.15) is 17.0 Å². The van der Waals surface area contributed by atoms with Crippen LogP contribution >= 0.6 is 0 Å². The Balaban J connectivity index is 2.13. The van der Waals surface area contributed by atoms with E-state index in [-0.39, 0.29) is 51.6 Å². The lowest BCUT2D eigenvalue weighted by atomic mass is 10.1. The minimum absolute atomic E-state index is 0.00515. The predicted molar refractivity (Wildman–Crippen MR) is 147 cm³/mol. The summed E-state index contributed by atoms with van der Waals surface area (Å²) in [7, 11) is -2.15. The number of sulfonamides is 1. The van der Waals surface area contributed by atoms with Crippen LogP contribution in [-0.4, -0.2) is 27.9 Å². The van der Waals surface area contributed by atoms with E-state index in [1.165, 1.54) is 54.3 Å². The van der Waals surface area contributed by atoms with Gasteiger partial charge >= 0.3 is 5.69 Å². The van der Waals surface area contributed by atoms with Crippen molar-refractivity contribution < 1.29 is 12.8 Å². The molecule has 2 aromatic carbocycles. The maximum absolute atomic E-state index is 14.8. The summed E-state index contributed by atoms with van der Waals surface area (Å²) in [5, 5.41) is 2.89. The average molecular weight is 542 g/mol. The lowest BCUT2D eigenvalue weighted by Crippen LogP contribution is -2.41. The zero-order chi connectivity index (χ0) is 27.9. The van der Waals surface area contributed by atoms with E-state index in [0.717, 1.165) is 4.57 Å². The van der Waals surface area contributed by atoms with Gasteiger partial charge in [-0.1, -0.05) is 12.1 Å². The predicted octanol–water partition coefficient (Wildman–Crippen LogP) is 3.13. The zero-order valence-corrected chi connectivity index (χ0v) is 22.4. The summed E-state index contributed by atoms with van der Waals surface area (Å²) < 4.78 is 44.9. The second-order valence-electron chi connectivity index (χ2n) is 8.89. The lowest BCUT2D eigenvalue weighted by Gasteiger charge is -2.20. The summed E-state index contributed by atoms with van der Waals surface area (Å²) in [6, 6.07) is 10.6. The third kappa shape index (κ3) is 4.62. The van der Waals surface area contributed by atoms with Gasteiger partial charge in [-0.05, 0) is 63.6 Å². The number of pyridine rings is 1. The molecule has 0 radical (unpaired) electrons. The fourth-order valence-corrected chi connectivity index (χ4v) is 4.95. The number of nitrogens with zero attached hydrogens (tertiary/aromatic N) is 3. The van der Waals surface area contributed by atoms with E-state index in [9.17, 15) is 27.2 Å². The first-order chi connectivity index (χ1) is 17.9. The van der Waals surface area contributed by atoms with Gasteiger partial charge in [0.15, 0.2) is 0 Å². The first-order valence-electron chi connectivity index (χ1n) is 11.9. The van der Waals surface area contributed by atoms with Crippen LogP contribution in [0.25, 0.3) is 16.6 Å². The maximum atomic E-state index is 14.8. The number of halogens is 1. The van der Waals surface area contributed by atoms with Crippen LogP contribution < -0.4 is 26.8 Å². The number of aromatic nitrogens is 3. The molecule has 0 amide bonds. The van der Waals surface area contributed by atoms with Crippen molar-refractivity contribution in [2.45, 2.75) is 34.2 Å². The van der Waals surface area contributed by atoms with Gasteiger partial charge in [-0.3, -0.25) is 28.0 Å². The van der Waals surface area contributed by atoms with Gasteiger partial charge in [0.25, 0.3) is 11.1 Å². The highest BCUT2D eigenvalue weighted by Crippen LogP contribution is 2.27. The number of nitrogens with one attached hydrogen (secondary N) is 2. The fourth-order valence-electron chi connectivity index (χ4n) is 4.32. The highest BCUT2D eigenvalue weighted by Gasteiger charge is 2.23. The van der Waals surface area contributed by atoms with Crippen molar-refractivity contribution in [3.05, 3.63) is 90.6 Å². The summed E-state index contributed by atoms with van der Waals surface area (Å²) in [6.07, 6.45) is 0. The molecular formula is C26H28FN5O5S. The standard InChI is InChI=1S/C26H28FN5O5S/c1-6-31-25(34)21-22(32(26(31)35)18-10-8-9-17(14-18)29-38(36,37)7-2)16(4)24(33)30(5)23(21)28-20-12-11-15(3)13-19(20)27/h8-14,28-29H,6-7H2,1-5H3. The monoisotopic (exact) mass is 541 g/mol. The number of hydrogen-bond acceptors (Lipinski definition) is 6. The van der Waals surface area contributed by atoms with Crippen LogP contribution in [0.4, 0.5) is 21.6 Å². The molecule has 200 valence electrons. The van der Waals surface area contributed by atoms with E-state index < -0.39 is 32.6 Å². The summed E-state index contributed by atoms with van der Waals surface area (Å²) in [4.78, 5) is 40.5. The highest BCUT2D eigenvalue weighted by molar-refractivity contribution is 7.92. The number of anilines is 3. The normalized spacial score (nSPS) is 11.6. The molecule has 0 fully saturated rings. The second kappa shape index (κ2) is 9.93. The van der Waals surface area contributed by atoms with Gasteiger partial charge in [0.05, 0.1) is 28.3 Å². The average Bonchev–Trinajstić information content (AvgIpc) is 2.86. The summed E-state index contributed by atoms with van der Waals surface area (Å²) in [6.45, 7) is 6.38. The molecule has 0 aliphatic heterocycles. The van der Waals surface area contributed by atoms with E-state index in [1.54, 1.807) is 32.0 Å². The third-order valence-electron chi connectivity index (χ3n) is 6.35. The first-order valence-corrected chi connectivity index (χ1v) is 13.6. The quantitative estimate of drug-likeness (QED) is 0.371. The van der Waals surface area contributed by atoms with Gasteiger partial charge in [0.2, 0.25) is 10.0 Å². The molecule has 0 aliphatic rings. The Kier molecular flexibility index (Phi) is 7.02. The maximum Gasteiger partial charge on any atom is 0.336 e. The van der Waals surface area contributed by atoms with Crippen molar-refractivity contribution in [1.82, 2.24) is 13.7 Å². The fraction of sp³-hybridized carbons (Fsp3) is 0.269. The molecule has 12 heteroatoms. The highest BCUT2D eigenvalue weighted by atomic mass is 32.2. The molecule has 38 heavy (non-hydrogen) atoms. The van der Waals surface area contributed by atoms with Crippen LogP contribution in [-0.2, 0) is 23.6 Å². The van der Waals surface area contributed by atoms with Crippen molar-refractivity contribution in [3.63, 3.8) is 0 Å². The minimum Gasteiger partial charge on any atom is -0.338 e. The van der Waals surface area contributed by atoms with Crippen molar-refractivity contribution in [1.29, 1.82) is 0 Å². The van der Waals surface area contributed by atoms with Crippen LogP contribution in [0.1, 0.15) is 25.0 Å². The van der Waals surface area contributed by atoms with E-state index in [4.69, 9.17) is 0 Å². The Morgan fingerprint density at radius 1 is 0.974 bits per heavy atom. The van der Waals surface area contributed by atoms with Crippen LogP contribution in [0, 0.1) is 19.7 Å². The Labute approximate surface area is 218 Å². The number of benzene rings is 2. The Morgan fingerprint density at radius 2 is 1.68 bits per heavy atom. The topological polar surface area (TPSA) is 124 Å². The lowest BCUT2D eigenvalue weighted by molar-refractivity contribution is 0.602. The van der Waals surface area contributed by atoms with Crippen LogP contribution in [0.5, 0.6) is 0 Å². The largest absolute Gasteiger partial charge is 0.338 e. The van der Waals surface area contributed by atoms with Gasteiger partial charge in [0, 0.05) is 19.2 Å². The third-order valence-corrected chi connectivity index (χ3v) is 7.65.